The molecule has 3 atom stereocenters. The minimum atomic E-state index is -1.77. The van der Waals surface area contributed by atoms with E-state index in [0.29, 0.717) is 12.8 Å². The van der Waals surface area contributed by atoms with Gasteiger partial charge in [-0.15, -0.1) is 0 Å². The minimum absolute atomic E-state index is 0.0268. The topological polar surface area (TPSA) is 37.3 Å². The van der Waals surface area contributed by atoms with Gasteiger partial charge >= 0.3 is 0 Å². The van der Waals surface area contributed by atoms with E-state index < -0.39 is 11.8 Å². The molecule has 2 fully saturated rings. The number of carbonyl (C=O) groups excluding carboxylic acids is 1. The molecule has 3 aliphatic rings. The summed E-state index contributed by atoms with van der Waals surface area (Å²) in [4.78, 5) is 12.6. The Morgan fingerprint density at radius 1 is 1.50 bits per heavy atom. The number of aromatic hydroxyl groups is 1. The van der Waals surface area contributed by atoms with E-state index >= 15 is 0 Å². The van der Waals surface area contributed by atoms with Crippen molar-refractivity contribution in [2.24, 2.45) is 11.3 Å². The van der Waals surface area contributed by atoms with Crippen molar-refractivity contribution >= 4 is 5.78 Å². The number of phenols is 1. The van der Waals surface area contributed by atoms with Crippen LogP contribution in [0.15, 0.2) is 29.8 Å². The highest BCUT2D eigenvalue weighted by atomic mass is 16.3. The fourth-order valence-corrected chi connectivity index (χ4v) is 4.21. The molecule has 2 heteroatoms. The van der Waals surface area contributed by atoms with Crippen LogP contribution in [0.3, 0.4) is 0 Å². The molecule has 0 radical (unpaired) electrons. The zero-order valence-electron chi connectivity index (χ0n) is 15.5. The molecule has 1 N–H and O–H groups in total. The Morgan fingerprint density at radius 2 is 2.35 bits per heavy atom. The number of carbonyl (C=O) groups is 1. The molecular formula is C18H20O2. The fourth-order valence-electron chi connectivity index (χ4n) is 4.21. The third kappa shape index (κ3) is 1.48. The first kappa shape index (κ1) is 8.66. The molecule has 1 aromatic carbocycles. The van der Waals surface area contributed by atoms with Gasteiger partial charge in [0.2, 0.25) is 0 Å². The monoisotopic (exact) mass is 272 g/mol. The Morgan fingerprint density at radius 3 is 3.20 bits per heavy atom. The van der Waals surface area contributed by atoms with Gasteiger partial charge < -0.3 is 5.11 Å². The molecule has 0 bridgehead atoms. The molecule has 0 spiro atoms. The van der Waals surface area contributed by atoms with Crippen LogP contribution in [-0.2, 0) is 11.2 Å². The zero-order valence-corrected chi connectivity index (χ0v) is 11.5. The Bertz CT molecular complexity index is 799. The number of allylic oxidation sites excluding steroid dienone is 2. The van der Waals surface area contributed by atoms with Crippen LogP contribution in [-0.4, -0.2) is 10.9 Å². The summed E-state index contributed by atoms with van der Waals surface area (Å²) in [7, 11) is 0. The van der Waals surface area contributed by atoms with Crippen LogP contribution in [0.1, 0.15) is 55.1 Å². The van der Waals surface area contributed by atoms with Gasteiger partial charge in [0.15, 0.2) is 0 Å². The van der Waals surface area contributed by atoms with E-state index in [9.17, 15) is 9.90 Å². The summed E-state index contributed by atoms with van der Waals surface area (Å²) in [5.41, 5.74) is 2.11. The van der Waals surface area contributed by atoms with E-state index in [1.54, 1.807) is 6.07 Å². The lowest BCUT2D eigenvalue weighted by Crippen LogP contribution is -2.37. The van der Waals surface area contributed by atoms with Crippen LogP contribution in [0, 0.1) is 11.3 Å². The highest BCUT2D eigenvalue weighted by Gasteiger charge is 2.52. The van der Waals surface area contributed by atoms with Gasteiger partial charge in [-0.3, -0.25) is 4.79 Å². The molecule has 4 rings (SSSR count). The summed E-state index contributed by atoms with van der Waals surface area (Å²) in [6, 6.07) is 1.64. The van der Waals surface area contributed by atoms with E-state index in [1.165, 1.54) is 0 Å². The van der Waals surface area contributed by atoms with Crippen molar-refractivity contribution in [1.29, 1.82) is 0 Å². The molecule has 0 aromatic heterocycles. The number of Topliss-reactive ketones (excluding diaryl/α,β-unsaturated/α-hetero) is 1. The molecule has 0 amide bonds. The lowest BCUT2D eigenvalue weighted by molar-refractivity contribution is -0.126. The molecule has 1 aromatic rings. The molecular weight excluding hydrogens is 248 g/mol. The second kappa shape index (κ2) is 3.97. The van der Waals surface area contributed by atoms with Crippen molar-refractivity contribution in [3.05, 3.63) is 40.9 Å². The van der Waals surface area contributed by atoms with E-state index in [1.807, 2.05) is 13.0 Å². The number of ketones is 1. The molecule has 2 nitrogen and oxygen atoms in total. The van der Waals surface area contributed by atoms with Crippen molar-refractivity contribution < 1.29 is 15.4 Å². The highest BCUT2D eigenvalue weighted by Crippen LogP contribution is 2.57. The first-order valence-electron chi connectivity index (χ1n) is 9.23. The van der Waals surface area contributed by atoms with Gasteiger partial charge in [0.05, 0.1) is 2.74 Å². The van der Waals surface area contributed by atoms with Crippen LogP contribution in [0.5, 0.6) is 5.75 Å². The van der Waals surface area contributed by atoms with E-state index in [4.69, 9.17) is 5.48 Å². The normalized spacial score (nSPS) is 40.5. The first-order valence-corrected chi connectivity index (χ1v) is 7.23. The molecule has 0 saturated heterocycles. The Kier molecular flexibility index (Phi) is 1.72. The van der Waals surface area contributed by atoms with E-state index in [2.05, 4.69) is 0 Å². The highest BCUT2D eigenvalue weighted by molar-refractivity contribution is 5.88. The maximum Gasteiger partial charge on any atom is 0.139 e. The smallest absolute Gasteiger partial charge is 0.139 e. The molecule has 104 valence electrons. The van der Waals surface area contributed by atoms with E-state index in [-0.39, 0.29) is 41.9 Å². The lowest BCUT2D eigenvalue weighted by atomic mass is 9.60. The van der Waals surface area contributed by atoms with E-state index in [0.717, 1.165) is 23.1 Å². The fraction of sp³-hybridized carbons (Fsp3) is 0.500. The molecule has 0 aliphatic heterocycles. The van der Waals surface area contributed by atoms with Gasteiger partial charge in [0.1, 0.15) is 11.5 Å². The summed E-state index contributed by atoms with van der Waals surface area (Å²) < 4.78 is 32.1. The van der Waals surface area contributed by atoms with Crippen molar-refractivity contribution in [3.63, 3.8) is 0 Å². The largest absolute Gasteiger partial charge is 0.508 e. The summed E-state index contributed by atoms with van der Waals surface area (Å²) in [5.74, 6) is -0.636. The van der Waals surface area contributed by atoms with Crippen molar-refractivity contribution in [1.82, 2.24) is 0 Å². The van der Waals surface area contributed by atoms with Crippen LogP contribution < -0.4 is 0 Å². The molecule has 20 heavy (non-hydrogen) atoms. The second-order valence-corrected chi connectivity index (χ2v) is 6.38. The second-order valence-electron chi connectivity index (χ2n) is 6.38. The van der Waals surface area contributed by atoms with Crippen LogP contribution in [0.4, 0.5) is 0 Å². The third-order valence-electron chi connectivity index (χ3n) is 5.41. The summed E-state index contributed by atoms with van der Waals surface area (Å²) in [6.07, 6.45) is 2.32. The van der Waals surface area contributed by atoms with Crippen LogP contribution in [0.2, 0.25) is 0 Å². The predicted molar refractivity (Wildman–Crippen MR) is 77.7 cm³/mol. The van der Waals surface area contributed by atoms with Gasteiger partial charge in [0, 0.05) is 20.4 Å². The Labute approximate surface area is 125 Å². The average Bonchev–Trinajstić information content (AvgIpc) is 2.72. The number of hydrogen-bond acceptors (Lipinski definition) is 2. The molecule has 2 saturated carbocycles. The number of rotatable bonds is 0. The zero-order chi connectivity index (χ0) is 17.4. The Balaban J connectivity index is 1.82. The van der Waals surface area contributed by atoms with Crippen molar-refractivity contribution in [3.8, 4) is 5.75 Å². The summed E-state index contributed by atoms with van der Waals surface area (Å²) >= 11 is 0. The maximum absolute atomic E-state index is 12.6. The summed E-state index contributed by atoms with van der Waals surface area (Å²) in [5, 5.41) is 9.86. The number of benzene rings is 1. The molecule has 0 heterocycles. The lowest BCUT2D eigenvalue weighted by Gasteiger charge is -2.43. The third-order valence-corrected chi connectivity index (χ3v) is 5.41. The SMILES string of the molecule is [2H]c1cc2c(c([2H])c1O)CC=C1C2CCC2(C)C(=O)C([2H])([2H])CC12. The number of fused-ring (bicyclic) bond motifs is 5. The number of hydrogen-bond donors (Lipinski definition) is 1. The van der Waals surface area contributed by atoms with Gasteiger partial charge in [0.25, 0.3) is 0 Å². The van der Waals surface area contributed by atoms with Gasteiger partial charge in [-0.1, -0.05) is 24.6 Å². The standard InChI is InChI=1S/C18H20O2/c1-18-9-8-14-13-5-3-12(19)10-11(13)2-4-15(14)16(18)6-7-17(18)20/h3-5,10,14,16,19H,2,6-9H2,1H3/i3D,7D2,10D. The molecule has 3 unspecified atom stereocenters. The number of phenolic OH excluding ortho intramolecular Hbond substituents is 1. The van der Waals surface area contributed by atoms with Gasteiger partial charge in [-0.25, -0.2) is 0 Å². The first-order chi connectivity index (χ1) is 11.2. The minimum Gasteiger partial charge on any atom is -0.508 e. The van der Waals surface area contributed by atoms with Crippen molar-refractivity contribution in [2.75, 3.05) is 0 Å². The summed E-state index contributed by atoms with van der Waals surface area (Å²) in [6.45, 7) is 1.89. The quantitative estimate of drug-likeness (QED) is 0.731. The predicted octanol–water partition coefficient (Wildman–Crippen LogP) is 3.74. The average molecular weight is 272 g/mol. The van der Waals surface area contributed by atoms with Gasteiger partial charge in [-0.05, 0) is 54.8 Å². The maximum atomic E-state index is 12.6. The van der Waals surface area contributed by atoms with Crippen molar-refractivity contribution in [2.45, 2.75) is 44.9 Å². The molecule has 3 aliphatic carbocycles. The van der Waals surface area contributed by atoms with Crippen LogP contribution >= 0.6 is 0 Å². The Hall–Kier alpha value is -1.57. The van der Waals surface area contributed by atoms with Gasteiger partial charge in [-0.2, -0.15) is 0 Å². The van der Waals surface area contributed by atoms with Crippen LogP contribution in [0.25, 0.3) is 0 Å².